The molecule has 0 bridgehead atoms. The lowest BCUT2D eigenvalue weighted by Gasteiger charge is -2.18. The molecule has 1 atom stereocenters. The van der Waals surface area contributed by atoms with Crippen molar-refractivity contribution in [3.63, 3.8) is 0 Å². The highest BCUT2D eigenvalue weighted by molar-refractivity contribution is 5.78. The minimum absolute atomic E-state index is 0.0149. The summed E-state index contributed by atoms with van der Waals surface area (Å²) < 4.78 is 11.0. The minimum Gasteiger partial charge on any atom is -0.497 e. The van der Waals surface area contributed by atoms with Gasteiger partial charge in [-0.3, -0.25) is 4.79 Å². The first-order valence-corrected chi connectivity index (χ1v) is 8.92. The van der Waals surface area contributed by atoms with E-state index in [-0.39, 0.29) is 17.7 Å². The number of methoxy groups -OCH3 is 1. The molecule has 3 rings (SSSR count). The Hall–Kier alpha value is -2.63. The Bertz CT molecular complexity index is 774. The van der Waals surface area contributed by atoms with Crippen molar-refractivity contribution >= 4 is 5.91 Å². The third-order valence-electron chi connectivity index (χ3n) is 4.49. The molecule has 0 radical (unpaired) electrons. The zero-order valence-corrected chi connectivity index (χ0v) is 15.7. The van der Waals surface area contributed by atoms with E-state index in [4.69, 9.17) is 9.47 Å². The lowest BCUT2D eigenvalue weighted by atomic mass is 10.1. The molecule has 1 amide bonds. The van der Waals surface area contributed by atoms with Crippen molar-refractivity contribution in [3.8, 4) is 17.4 Å². The van der Waals surface area contributed by atoms with Crippen LogP contribution in [0.4, 0.5) is 0 Å². The van der Waals surface area contributed by atoms with Gasteiger partial charge in [-0.1, -0.05) is 13.8 Å². The van der Waals surface area contributed by atoms with Crippen LogP contribution in [-0.4, -0.2) is 41.0 Å². The van der Waals surface area contributed by atoms with Crippen LogP contribution in [0, 0.1) is 12.8 Å². The molecular weight excluding hydrogens is 330 g/mol. The second-order valence-corrected chi connectivity index (χ2v) is 6.91. The van der Waals surface area contributed by atoms with E-state index in [0.717, 1.165) is 30.2 Å². The highest BCUT2D eigenvalue weighted by Crippen LogP contribution is 2.29. The van der Waals surface area contributed by atoms with Crippen LogP contribution in [0.15, 0.2) is 30.3 Å². The van der Waals surface area contributed by atoms with E-state index < -0.39 is 0 Å². The molecule has 1 aliphatic heterocycles. The zero-order valence-electron chi connectivity index (χ0n) is 15.7. The predicted octanol–water partition coefficient (Wildman–Crippen LogP) is 3.56. The maximum atomic E-state index is 12.2. The molecule has 1 fully saturated rings. The smallest absolute Gasteiger partial charge is 0.225 e. The van der Waals surface area contributed by atoms with Crippen molar-refractivity contribution < 1.29 is 14.3 Å². The molecule has 0 spiro atoms. The highest BCUT2D eigenvalue weighted by atomic mass is 16.5. The number of ether oxygens (including phenoxy) is 2. The second-order valence-electron chi connectivity index (χ2n) is 6.91. The van der Waals surface area contributed by atoms with Gasteiger partial charge in [-0.25, -0.2) is 4.98 Å². The van der Waals surface area contributed by atoms with Gasteiger partial charge in [-0.2, -0.15) is 4.98 Å². The van der Waals surface area contributed by atoms with E-state index in [9.17, 15) is 4.79 Å². The number of hydrogen-bond acceptors (Lipinski definition) is 5. The summed E-state index contributed by atoms with van der Waals surface area (Å²) in [5.74, 6) is 3.08. The van der Waals surface area contributed by atoms with Crippen LogP contribution in [0.5, 0.6) is 17.4 Å². The number of benzene rings is 1. The summed E-state index contributed by atoms with van der Waals surface area (Å²) in [7, 11) is 1.63. The van der Waals surface area contributed by atoms with Gasteiger partial charge in [0.05, 0.1) is 7.11 Å². The topological polar surface area (TPSA) is 64.6 Å². The fourth-order valence-corrected chi connectivity index (χ4v) is 3.10. The van der Waals surface area contributed by atoms with Crippen molar-refractivity contribution in [3.05, 3.63) is 41.9 Å². The van der Waals surface area contributed by atoms with Crippen molar-refractivity contribution in [1.29, 1.82) is 0 Å². The van der Waals surface area contributed by atoms with Crippen LogP contribution in [-0.2, 0) is 4.79 Å². The molecule has 1 saturated heterocycles. The number of aryl methyl sites for hydroxylation is 1. The fraction of sp³-hybridized carbons (Fsp3) is 0.450. The normalized spacial score (nSPS) is 16.8. The number of carbonyl (C=O) groups excluding carboxylic acids is 1. The first-order chi connectivity index (χ1) is 12.5. The second kappa shape index (κ2) is 7.72. The Morgan fingerprint density at radius 1 is 1.19 bits per heavy atom. The molecule has 6 heteroatoms. The van der Waals surface area contributed by atoms with Crippen LogP contribution in [0.3, 0.4) is 0 Å². The van der Waals surface area contributed by atoms with E-state index in [1.54, 1.807) is 7.11 Å². The maximum absolute atomic E-state index is 12.2. The van der Waals surface area contributed by atoms with Gasteiger partial charge < -0.3 is 14.4 Å². The van der Waals surface area contributed by atoms with Gasteiger partial charge >= 0.3 is 0 Å². The van der Waals surface area contributed by atoms with Crippen LogP contribution in [0.2, 0.25) is 0 Å². The third-order valence-corrected chi connectivity index (χ3v) is 4.49. The van der Waals surface area contributed by atoms with Gasteiger partial charge in [0.1, 0.15) is 17.3 Å². The van der Waals surface area contributed by atoms with E-state index in [0.29, 0.717) is 18.2 Å². The molecule has 6 nitrogen and oxygen atoms in total. The molecule has 2 heterocycles. The van der Waals surface area contributed by atoms with E-state index in [2.05, 4.69) is 9.97 Å². The predicted molar refractivity (Wildman–Crippen MR) is 98.6 cm³/mol. The molecule has 1 unspecified atom stereocenters. The zero-order chi connectivity index (χ0) is 18.7. The van der Waals surface area contributed by atoms with E-state index in [1.165, 1.54) is 0 Å². The van der Waals surface area contributed by atoms with Gasteiger partial charge in [0, 0.05) is 36.7 Å². The van der Waals surface area contributed by atoms with Crippen molar-refractivity contribution in [1.82, 2.24) is 14.9 Å². The Morgan fingerprint density at radius 3 is 2.54 bits per heavy atom. The summed E-state index contributed by atoms with van der Waals surface area (Å²) in [4.78, 5) is 23.3. The lowest BCUT2D eigenvalue weighted by Crippen LogP contribution is -2.32. The fourth-order valence-electron chi connectivity index (χ4n) is 3.10. The summed E-state index contributed by atoms with van der Waals surface area (Å²) in [5.41, 5.74) is 0.854. The molecule has 1 aliphatic rings. The first-order valence-electron chi connectivity index (χ1n) is 8.92. The van der Waals surface area contributed by atoms with E-state index >= 15 is 0 Å². The lowest BCUT2D eigenvalue weighted by molar-refractivity contribution is -0.133. The van der Waals surface area contributed by atoms with Gasteiger partial charge in [0.25, 0.3) is 0 Å². The average molecular weight is 355 g/mol. The number of amides is 1. The van der Waals surface area contributed by atoms with Crippen LogP contribution in [0.1, 0.15) is 37.7 Å². The monoisotopic (exact) mass is 355 g/mol. The Labute approximate surface area is 154 Å². The number of aromatic nitrogens is 2. The highest BCUT2D eigenvalue weighted by Gasteiger charge is 2.30. The molecule has 0 aliphatic carbocycles. The maximum Gasteiger partial charge on any atom is 0.225 e. The quantitative estimate of drug-likeness (QED) is 0.820. The number of likely N-dealkylation sites (tertiary alicyclic amines) is 1. The molecular formula is C20H25N3O3. The standard InChI is InChI=1S/C20H25N3O3/c1-13(2)20(24)23-10-9-15(12-23)19-21-14(3)11-18(22-19)26-17-7-5-16(25-4)6-8-17/h5-8,11,13,15H,9-10,12H2,1-4H3. The summed E-state index contributed by atoms with van der Waals surface area (Å²) in [6.07, 6.45) is 0.879. The molecule has 1 aromatic heterocycles. The molecule has 1 aromatic carbocycles. The molecule has 138 valence electrons. The van der Waals surface area contributed by atoms with Crippen molar-refractivity contribution in [2.24, 2.45) is 5.92 Å². The van der Waals surface area contributed by atoms with Crippen molar-refractivity contribution in [2.45, 2.75) is 33.1 Å². The number of nitrogens with zero attached hydrogens (tertiary/aromatic N) is 3. The third kappa shape index (κ3) is 4.12. The SMILES string of the molecule is COc1ccc(Oc2cc(C)nc(C3CCN(C(=O)C(C)C)C3)n2)cc1. The van der Waals surface area contributed by atoms with Gasteiger partial charge in [-0.05, 0) is 37.6 Å². The first kappa shape index (κ1) is 18.2. The van der Waals surface area contributed by atoms with Crippen LogP contribution < -0.4 is 9.47 Å². The molecule has 2 aromatic rings. The number of carbonyl (C=O) groups is 1. The van der Waals surface area contributed by atoms with Gasteiger partial charge in [-0.15, -0.1) is 0 Å². The number of rotatable bonds is 5. The molecule has 0 saturated carbocycles. The van der Waals surface area contributed by atoms with Crippen molar-refractivity contribution in [2.75, 3.05) is 20.2 Å². The summed E-state index contributed by atoms with van der Waals surface area (Å²) in [6, 6.07) is 9.19. The average Bonchev–Trinajstić information content (AvgIpc) is 3.11. The Balaban J connectivity index is 1.74. The van der Waals surface area contributed by atoms with Gasteiger partial charge in [0.2, 0.25) is 11.8 Å². The Kier molecular flexibility index (Phi) is 5.40. The summed E-state index contributed by atoms with van der Waals surface area (Å²) >= 11 is 0. The van der Waals surface area contributed by atoms with Crippen LogP contribution >= 0.6 is 0 Å². The summed E-state index contributed by atoms with van der Waals surface area (Å²) in [6.45, 7) is 7.22. The molecule has 0 N–H and O–H groups in total. The number of hydrogen-bond donors (Lipinski definition) is 0. The minimum atomic E-state index is 0.0149. The van der Waals surface area contributed by atoms with Crippen LogP contribution in [0.25, 0.3) is 0 Å². The Morgan fingerprint density at radius 2 is 1.88 bits per heavy atom. The largest absolute Gasteiger partial charge is 0.497 e. The van der Waals surface area contributed by atoms with Gasteiger partial charge in [0.15, 0.2) is 0 Å². The summed E-state index contributed by atoms with van der Waals surface area (Å²) in [5, 5.41) is 0. The molecule has 26 heavy (non-hydrogen) atoms. The van der Waals surface area contributed by atoms with E-state index in [1.807, 2.05) is 56.0 Å².